The van der Waals surface area contributed by atoms with Crippen molar-refractivity contribution in [2.75, 3.05) is 0 Å². The Bertz CT molecular complexity index is 733. The third kappa shape index (κ3) is 12.6. The lowest BCUT2D eigenvalue weighted by atomic mass is 9.82. The molecule has 11 atom stereocenters. The summed E-state index contributed by atoms with van der Waals surface area (Å²) < 4.78 is 5.93. The SMILES string of the molecule is C=C/C=C\[C@H](C)[C@@H]1OC(=O)CCCC[C@@H](C)[C@@H](O)C[C@H](O)/C=C\[C@H](C)[C@H](O)[C@@H](C)C[C@@H](C)CC[C@@H](O)[C@@H]1C. The lowest BCUT2D eigenvalue weighted by molar-refractivity contribution is -0.156. The molecule has 0 aliphatic carbocycles. The normalized spacial score (nSPS) is 39.9. The molecule has 4 N–H and O–H groups in total. The van der Waals surface area contributed by atoms with Crippen LogP contribution in [-0.4, -0.2) is 56.9 Å². The van der Waals surface area contributed by atoms with E-state index in [9.17, 15) is 25.2 Å². The number of aliphatic hydroxyl groups excluding tert-OH is 4. The van der Waals surface area contributed by atoms with Gasteiger partial charge >= 0.3 is 5.97 Å². The molecule has 0 saturated carbocycles. The largest absolute Gasteiger partial charge is 0.461 e. The summed E-state index contributed by atoms with van der Waals surface area (Å²) in [7, 11) is 0. The van der Waals surface area contributed by atoms with Crippen molar-refractivity contribution in [2.45, 2.75) is 123 Å². The third-order valence-corrected chi connectivity index (χ3v) is 8.38. The van der Waals surface area contributed by atoms with Crippen molar-refractivity contribution in [1.29, 1.82) is 0 Å². The van der Waals surface area contributed by atoms with Crippen LogP contribution in [-0.2, 0) is 9.53 Å². The molecule has 0 aromatic heterocycles. The zero-order valence-electron chi connectivity index (χ0n) is 24.7. The number of cyclic esters (lactones) is 1. The molecule has 0 radical (unpaired) electrons. The van der Waals surface area contributed by atoms with E-state index in [1.807, 2.05) is 52.8 Å². The Labute approximate surface area is 231 Å². The molecule has 6 heteroatoms. The van der Waals surface area contributed by atoms with Crippen LogP contribution in [0.15, 0.2) is 37.0 Å². The van der Waals surface area contributed by atoms with Crippen molar-refractivity contribution < 1.29 is 30.0 Å². The highest BCUT2D eigenvalue weighted by Gasteiger charge is 2.31. The molecule has 0 unspecified atom stereocenters. The van der Waals surface area contributed by atoms with Gasteiger partial charge in [-0.15, -0.1) is 0 Å². The maximum absolute atomic E-state index is 12.7. The van der Waals surface area contributed by atoms with E-state index in [1.54, 1.807) is 12.2 Å². The predicted octanol–water partition coefficient (Wildman–Crippen LogP) is 5.59. The summed E-state index contributed by atoms with van der Waals surface area (Å²) in [5.41, 5.74) is 0. The van der Waals surface area contributed by atoms with Crippen LogP contribution in [0.5, 0.6) is 0 Å². The number of esters is 1. The van der Waals surface area contributed by atoms with Gasteiger partial charge in [0.25, 0.3) is 0 Å². The van der Waals surface area contributed by atoms with Gasteiger partial charge in [0.15, 0.2) is 0 Å². The fourth-order valence-electron chi connectivity index (χ4n) is 5.52. The quantitative estimate of drug-likeness (QED) is 0.213. The van der Waals surface area contributed by atoms with E-state index in [2.05, 4.69) is 13.5 Å². The Morgan fingerprint density at radius 3 is 2.26 bits per heavy atom. The second-order valence-electron chi connectivity index (χ2n) is 12.1. The first-order valence-corrected chi connectivity index (χ1v) is 14.8. The highest BCUT2D eigenvalue weighted by molar-refractivity contribution is 5.69. The topological polar surface area (TPSA) is 107 Å². The van der Waals surface area contributed by atoms with Crippen molar-refractivity contribution in [3.63, 3.8) is 0 Å². The van der Waals surface area contributed by atoms with Crippen LogP contribution < -0.4 is 0 Å². The van der Waals surface area contributed by atoms with E-state index in [0.29, 0.717) is 25.2 Å². The Morgan fingerprint density at radius 1 is 0.921 bits per heavy atom. The molecular formula is C32H56O6. The highest BCUT2D eigenvalue weighted by atomic mass is 16.5. The van der Waals surface area contributed by atoms with Gasteiger partial charge in [0, 0.05) is 30.6 Å². The van der Waals surface area contributed by atoms with Crippen molar-refractivity contribution in [2.24, 2.45) is 35.5 Å². The van der Waals surface area contributed by atoms with E-state index >= 15 is 0 Å². The van der Waals surface area contributed by atoms with Gasteiger partial charge in [-0.1, -0.05) is 84.9 Å². The number of allylic oxidation sites excluding steroid dienone is 2. The van der Waals surface area contributed by atoms with Crippen LogP contribution in [0.25, 0.3) is 0 Å². The van der Waals surface area contributed by atoms with Crippen LogP contribution in [0.3, 0.4) is 0 Å². The zero-order chi connectivity index (χ0) is 28.8. The lowest BCUT2D eigenvalue weighted by Gasteiger charge is -2.32. The predicted molar refractivity (Wildman–Crippen MR) is 154 cm³/mol. The summed E-state index contributed by atoms with van der Waals surface area (Å²) >= 11 is 0. The Hall–Kier alpha value is -1.47. The van der Waals surface area contributed by atoms with Crippen molar-refractivity contribution >= 4 is 5.97 Å². The van der Waals surface area contributed by atoms with E-state index in [0.717, 1.165) is 25.7 Å². The van der Waals surface area contributed by atoms with Crippen LogP contribution in [0.1, 0.15) is 92.9 Å². The monoisotopic (exact) mass is 536 g/mol. The van der Waals surface area contributed by atoms with Gasteiger partial charge in [0.05, 0.1) is 24.4 Å². The highest BCUT2D eigenvalue weighted by Crippen LogP contribution is 2.29. The molecule has 1 aliphatic rings. The number of hydrogen-bond donors (Lipinski definition) is 4. The van der Waals surface area contributed by atoms with Crippen LogP contribution >= 0.6 is 0 Å². The van der Waals surface area contributed by atoms with Gasteiger partial charge in [-0.05, 0) is 49.9 Å². The van der Waals surface area contributed by atoms with Gasteiger partial charge in [0.2, 0.25) is 0 Å². The molecule has 0 amide bonds. The second-order valence-corrected chi connectivity index (χ2v) is 12.1. The minimum absolute atomic E-state index is 0.0107. The van der Waals surface area contributed by atoms with E-state index < -0.39 is 30.5 Å². The fourth-order valence-corrected chi connectivity index (χ4v) is 5.52. The Morgan fingerprint density at radius 2 is 1.61 bits per heavy atom. The lowest BCUT2D eigenvalue weighted by Crippen LogP contribution is -2.37. The summed E-state index contributed by atoms with van der Waals surface area (Å²) in [6.07, 6.45) is 10.9. The summed E-state index contributed by atoms with van der Waals surface area (Å²) in [6.45, 7) is 15.7. The van der Waals surface area contributed by atoms with Crippen molar-refractivity contribution in [1.82, 2.24) is 0 Å². The standard InChI is InChI=1S/C32H56O6/c1-8-9-12-24(5)32-26(7)28(34)18-15-21(2)19-25(6)31(37)23(4)16-17-27(33)20-29(35)22(3)13-10-11-14-30(36)38-32/h8-9,12,16-17,21-29,31-35,37H,1,10-11,13-15,18-20H2,2-7H3/b12-9-,17-16-/t21-,22+,23-,24-,25-,26-,27+,28+,29-,31-,32-/m0/s1. The molecule has 0 aromatic rings. The number of ether oxygens (including phenoxy) is 1. The molecule has 1 rings (SSSR count). The van der Waals surface area contributed by atoms with Crippen LogP contribution in [0, 0.1) is 35.5 Å². The Kier molecular flexibility index (Phi) is 16.4. The molecule has 0 spiro atoms. The molecule has 0 bridgehead atoms. The molecule has 0 saturated heterocycles. The summed E-state index contributed by atoms with van der Waals surface area (Å²) in [5.74, 6) is -0.350. The maximum Gasteiger partial charge on any atom is 0.306 e. The van der Waals surface area contributed by atoms with Crippen molar-refractivity contribution in [3.8, 4) is 0 Å². The summed E-state index contributed by atoms with van der Waals surface area (Å²) in [4.78, 5) is 12.7. The minimum atomic E-state index is -0.776. The van der Waals surface area contributed by atoms with Gasteiger partial charge in [0.1, 0.15) is 6.10 Å². The maximum atomic E-state index is 12.7. The van der Waals surface area contributed by atoms with Gasteiger partial charge in [-0.3, -0.25) is 4.79 Å². The van der Waals surface area contributed by atoms with Gasteiger partial charge < -0.3 is 25.2 Å². The van der Waals surface area contributed by atoms with Gasteiger partial charge in [-0.25, -0.2) is 0 Å². The molecule has 0 aromatic carbocycles. The average molecular weight is 537 g/mol. The molecule has 1 heterocycles. The molecule has 6 nitrogen and oxygen atoms in total. The first kappa shape index (κ1) is 34.6. The first-order chi connectivity index (χ1) is 17.9. The smallest absolute Gasteiger partial charge is 0.306 e. The number of hydrogen-bond acceptors (Lipinski definition) is 6. The van der Waals surface area contributed by atoms with Crippen molar-refractivity contribution in [3.05, 3.63) is 37.0 Å². The molecule has 220 valence electrons. The van der Waals surface area contributed by atoms with E-state index in [1.165, 1.54) is 0 Å². The number of carbonyl (C=O) groups excluding carboxylic acids is 1. The third-order valence-electron chi connectivity index (χ3n) is 8.38. The second kappa shape index (κ2) is 18.0. The van der Waals surface area contributed by atoms with Crippen LogP contribution in [0.4, 0.5) is 0 Å². The molecule has 1 aliphatic heterocycles. The molecule has 38 heavy (non-hydrogen) atoms. The Balaban J connectivity index is 3.05. The molecule has 0 fully saturated rings. The zero-order valence-corrected chi connectivity index (χ0v) is 24.7. The molecular weight excluding hydrogens is 480 g/mol. The van der Waals surface area contributed by atoms with Gasteiger partial charge in [-0.2, -0.15) is 0 Å². The first-order valence-electron chi connectivity index (χ1n) is 14.8. The average Bonchev–Trinajstić information content (AvgIpc) is 2.88. The summed E-state index contributed by atoms with van der Waals surface area (Å²) in [6, 6.07) is 0. The minimum Gasteiger partial charge on any atom is -0.461 e. The number of carbonyl (C=O) groups is 1. The van der Waals surface area contributed by atoms with E-state index in [4.69, 9.17) is 4.74 Å². The van der Waals surface area contributed by atoms with E-state index in [-0.39, 0.29) is 42.0 Å². The number of aliphatic hydroxyl groups is 4. The van der Waals surface area contributed by atoms with Crippen LogP contribution in [0.2, 0.25) is 0 Å². The summed E-state index contributed by atoms with van der Waals surface area (Å²) in [5, 5.41) is 42.9. The fraction of sp³-hybridized carbons (Fsp3) is 0.781. The number of rotatable bonds is 3.